The molecule has 1 N–H and O–H groups in total. The maximum atomic E-state index is 12.3. The van der Waals surface area contributed by atoms with Gasteiger partial charge in [-0.3, -0.25) is 4.79 Å². The molecule has 0 aromatic carbocycles. The Bertz CT molecular complexity index is 556. The molecule has 0 saturated heterocycles. The monoisotopic (exact) mass is 324 g/mol. The molecule has 5 nitrogen and oxygen atoms in total. The molecule has 118 valence electrons. The first-order chi connectivity index (χ1) is 9.78. The van der Waals surface area contributed by atoms with E-state index in [0.717, 1.165) is 12.7 Å². The number of rotatable bonds is 6. The standard InChI is InChI=1S/C12H16ClF3N4O/c1-19(8-2-3-8)5-4-17-9-6-18-20(7-12(14,15)16)11(21)10(9)13/h6,8,17H,2-5,7H2,1H3. The molecule has 0 atom stereocenters. The molecule has 1 aromatic rings. The van der Waals surface area contributed by atoms with E-state index in [1.807, 2.05) is 7.05 Å². The van der Waals surface area contributed by atoms with Gasteiger partial charge in [-0.25, -0.2) is 4.68 Å². The van der Waals surface area contributed by atoms with Gasteiger partial charge in [0.25, 0.3) is 5.56 Å². The third-order valence-corrected chi connectivity index (χ3v) is 3.63. The second-order valence-corrected chi connectivity index (χ2v) is 5.47. The van der Waals surface area contributed by atoms with Gasteiger partial charge in [0, 0.05) is 19.1 Å². The summed E-state index contributed by atoms with van der Waals surface area (Å²) >= 11 is 5.80. The van der Waals surface area contributed by atoms with Crippen molar-refractivity contribution < 1.29 is 13.2 Å². The van der Waals surface area contributed by atoms with Crippen molar-refractivity contribution in [3.05, 3.63) is 21.6 Å². The van der Waals surface area contributed by atoms with Gasteiger partial charge in [0.15, 0.2) is 0 Å². The van der Waals surface area contributed by atoms with Crippen molar-refractivity contribution in [2.45, 2.75) is 31.6 Å². The molecular weight excluding hydrogens is 309 g/mol. The second-order valence-electron chi connectivity index (χ2n) is 5.09. The zero-order valence-corrected chi connectivity index (χ0v) is 12.2. The number of hydrogen-bond acceptors (Lipinski definition) is 4. The van der Waals surface area contributed by atoms with E-state index in [4.69, 9.17) is 11.6 Å². The molecule has 1 heterocycles. The normalized spacial score (nSPS) is 15.5. The van der Waals surface area contributed by atoms with E-state index >= 15 is 0 Å². The summed E-state index contributed by atoms with van der Waals surface area (Å²) in [7, 11) is 2.00. The SMILES string of the molecule is CN(CCNc1cnn(CC(F)(F)F)c(=O)c1Cl)C1CC1. The number of aromatic nitrogens is 2. The minimum absolute atomic E-state index is 0.254. The van der Waals surface area contributed by atoms with E-state index in [-0.39, 0.29) is 10.7 Å². The number of anilines is 1. The summed E-state index contributed by atoms with van der Waals surface area (Å²) in [4.78, 5) is 13.9. The fourth-order valence-electron chi connectivity index (χ4n) is 1.94. The summed E-state index contributed by atoms with van der Waals surface area (Å²) in [5.74, 6) is 0. The third kappa shape index (κ3) is 4.60. The van der Waals surface area contributed by atoms with Crippen molar-refractivity contribution >= 4 is 17.3 Å². The van der Waals surface area contributed by atoms with Crippen LogP contribution in [0.3, 0.4) is 0 Å². The molecule has 1 aromatic heterocycles. The summed E-state index contributed by atoms with van der Waals surface area (Å²) in [6.07, 6.45) is -0.993. The van der Waals surface area contributed by atoms with Crippen molar-refractivity contribution in [3.63, 3.8) is 0 Å². The van der Waals surface area contributed by atoms with E-state index in [2.05, 4.69) is 15.3 Å². The summed E-state index contributed by atoms with van der Waals surface area (Å²) in [5.41, 5.74) is -0.696. The van der Waals surface area contributed by atoms with Gasteiger partial charge in [-0.2, -0.15) is 18.3 Å². The Morgan fingerprint density at radius 1 is 1.52 bits per heavy atom. The number of likely N-dealkylation sites (N-methyl/N-ethyl adjacent to an activating group) is 1. The highest BCUT2D eigenvalue weighted by molar-refractivity contribution is 6.32. The molecule has 0 aliphatic heterocycles. The Kier molecular flexibility index (Phi) is 4.77. The van der Waals surface area contributed by atoms with Crippen LogP contribution in [0.15, 0.2) is 11.0 Å². The van der Waals surface area contributed by atoms with Gasteiger partial charge in [-0.1, -0.05) is 11.6 Å². The maximum absolute atomic E-state index is 12.3. The average molecular weight is 325 g/mol. The van der Waals surface area contributed by atoms with Crippen molar-refractivity contribution in [1.29, 1.82) is 0 Å². The van der Waals surface area contributed by atoms with Crippen LogP contribution in [-0.4, -0.2) is 47.0 Å². The lowest BCUT2D eigenvalue weighted by molar-refractivity contribution is -0.143. The minimum atomic E-state index is -4.51. The van der Waals surface area contributed by atoms with Gasteiger partial charge < -0.3 is 10.2 Å². The summed E-state index contributed by atoms with van der Waals surface area (Å²) < 4.78 is 37.1. The van der Waals surface area contributed by atoms with Gasteiger partial charge in [0.05, 0.1) is 11.9 Å². The van der Waals surface area contributed by atoms with Crippen LogP contribution in [0.25, 0.3) is 0 Å². The fraction of sp³-hybridized carbons (Fsp3) is 0.667. The van der Waals surface area contributed by atoms with Crippen molar-refractivity contribution in [2.24, 2.45) is 0 Å². The first-order valence-corrected chi connectivity index (χ1v) is 6.92. The molecule has 1 aliphatic rings. The molecular formula is C12H16ClF3N4O. The molecule has 0 spiro atoms. The first-order valence-electron chi connectivity index (χ1n) is 6.54. The molecule has 0 unspecified atom stereocenters. The quantitative estimate of drug-likeness (QED) is 0.869. The highest BCUT2D eigenvalue weighted by Gasteiger charge is 2.30. The smallest absolute Gasteiger partial charge is 0.381 e. The topological polar surface area (TPSA) is 50.2 Å². The Balaban J connectivity index is 1.97. The molecule has 9 heteroatoms. The fourth-order valence-corrected chi connectivity index (χ4v) is 2.15. The van der Waals surface area contributed by atoms with Gasteiger partial charge in [-0.05, 0) is 19.9 Å². The molecule has 0 radical (unpaired) electrons. The van der Waals surface area contributed by atoms with E-state index < -0.39 is 18.3 Å². The Hall–Kier alpha value is -1.28. The molecule has 1 saturated carbocycles. The largest absolute Gasteiger partial charge is 0.408 e. The van der Waals surface area contributed by atoms with Crippen LogP contribution in [0.2, 0.25) is 5.02 Å². The Morgan fingerprint density at radius 2 is 2.19 bits per heavy atom. The first kappa shape index (κ1) is 16.1. The summed E-state index contributed by atoms with van der Waals surface area (Å²) in [6.45, 7) is -0.153. The van der Waals surface area contributed by atoms with E-state index in [1.165, 1.54) is 12.8 Å². The van der Waals surface area contributed by atoms with Gasteiger partial charge in [0.2, 0.25) is 0 Å². The van der Waals surface area contributed by atoms with Crippen molar-refractivity contribution in [1.82, 2.24) is 14.7 Å². The molecule has 2 rings (SSSR count). The Labute approximate surface area is 124 Å². The molecule has 1 aliphatic carbocycles. The zero-order valence-electron chi connectivity index (χ0n) is 11.5. The van der Waals surface area contributed by atoms with Crippen LogP contribution in [0.1, 0.15) is 12.8 Å². The number of nitrogens with one attached hydrogen (secondary N) is 1. The Morgan fingerprint density at radius 3 is 2.76 bits per heavy atom. The van der Waals surface area contributed by atoms with Crippen LogP contribution in [-0.2, 0) is 6.54 Å². The molecule has 21 heavy (non-hydrogen) atoms. The molecule has 1 fully saturated rings. The van der Waals surface area contributed by atoms with Gasteiger partial charge in [-0.15, -0.1) is 0 Å². The van der Waals surface area contributed by atoms with Crippen LogP contribution in [0.5, 0.6) is 0 Å². The predicted octanol–water partition coefficient (Wildman–Crippen LogP) is 1.97. The maximum Gasteiger partial charge on any atom is 0.408 e. The van der Waals surface area contributed by atoms with Gasteiger partial charge in [0.1, 0.15) is 11.6 Å². The van der Waals surface area contributed by atoms with Crippen LogP contribution >= 0.6 is 11.6 Å². The number of nitrogens with zero attached hydrogens (tertiary/aromatic N) is 3. The average Bonchev–Trinajstić information content (AvgIpc) is 3.20. The van der Waals surface area contributed by atoms with Crippen LogP contribution < -0.4 is 10.9 Å². The lowest BCUT2D eigenvalue weighted by atomic mass is 10.4. The number of hydrogen-bond donors (Lipinski definition) is 1. The summed E-state index contributed by atoms with van der Waals surface area (Å²) in [5, 5.41) is 6.15. The number of halogens is 4. The van der Waals surface area contributed by atoms with Crippen molar-refractivity contribution in [2.75, 3.05) is 25.5 Å². The zero-order chi connectivity index (χ0) is 15.6. The lowest BCUT2D eigenvalue weighted by Gasteiger charge is -2.17. The van der Waals surface area contributed by atoms with E-state index in [1.54, 1.807) is 0 Å². The van der Waals surface area contributed by atoms with E-state index in [9.17, 15) is 18.0 Å². The predicted molar refractivity (Wildman–Crippen MR) is 73.7 cm³/mol. The van der Waals surface area contributed by atoms with Crippen molar-refractivity contribution in [3.8, 4) is 0 Å². The van der Waals surface area contributed by atoms with E-state index in [0.29, 0.717) is 17.3 Å². The minimum Gasteiger partial charge on any atom is -0.381 e. The molecule has 0 amide bonds. The lowest BCUT2D eigenvalue weighted by Crippen LogP contribution is -2.31. The number of alkyl halides is 3. The molecule has 0 bridgehead atoms. The third-order valence-electron chi connectivity index (χ3n) is 3.26. The van der Waals surface area contributed by atoms with Crippen LogP contribution in [0.4, 0.5) is 18.9 Å². The van der Waals surface area contributed by atoms with Gasteiger partial charge >= 0.3 is 6.18 Å². The summed E-state index contributed by atoms with van der Waals surface area (Å²) in [6, 6.07) is 0.611. The second kappa shape index (κ2) is 6.23. The highest BCUT2D eigenvalue weighted by Crippen LogP contribution is 2.25. The van der Waals surface area contributed by atoms with Crippen LogP contribution in [0, 0.1) is 0 Å². The highest BCUT2D eigenvalue weighted by atomic mass is 35.5.